The van der Waals surface area contributed by atoms with Crippen molar-refractivity contribution in [1.29, 1.82) is 0 Å². The van der Waals surface area contributed by atoms with Crippen LogP contribution in [0.1, 0.15) is 39.1 Å². The molecule has 25 heavy (non-hydrogen) atoms. The largest absolute Gasteiger partial charge is 0.496 e. The van der Waals surface area contributed by atoms with Gasteiger partial charge in [-0.2, -0.15) is 0 Å². The fourth-order valence-corrected chi connectivity index (χ4v) is 3.03. The van der Waals surface area contributed by atoms with Crippen molar-refractivity contribution in [3.05, 3.63) is 53.5 Å². The van der Waals surface area contributed by atoms with Crippen LogP contribution in [0, 0.1) is 6.92 Å². The van der Waals surface area contributed by atoms with Crippen LogP contribution in [0.5, 0.6) is 5.75 Å². The van der Waals surface area contributed by atoms with Crippen LogP contribution < -0.4 is 10.1 Å². The topological polar surface area (TPSA) is 71.8 Å². The third-order valence-electron chi connectivity index (χ3n) is 4.56. The Hall–Kier alpha value is -2.76. The van der Waals surface area contributed by atoms with E-state index in [0.717, 1.165) is 18.4 Å². The van der Waals surface area contributed by atoms with Gasteiger partial charge in [0.1, 0.15) is 12.0 Å². The third-order valence-corrected chi connectivity index (χ3v) is 4.56. The Morgan fingerprint density at radius 2 is 1.96 bits per heavy atom. The van der Waals surface area contributed by atoms with Crippen LogP contribution in [0.3, 0.4) is 0 Å². The maximum atomic E-state index is 12.4. The summed E-state index contributed by atoms with van der Waals surface area (Å²) in [6, 6.07) is 7.15. The lowest BCUT2D eigenvalue weighted by Crippen LogP contribution is -2.46. The number of aryl methyl sites for hydroxylation is 1. The zero-order valence-corrected chi connectivity index (χ0v) is 14.5. The lowest BCUT2D eigenvalue weighted by Gasteiger charge is -2.32. The van der Waals surface area contributed by atoms with E-state index >= 15 is 0 Å². The van der Waals surface area contributed by atoms with E-state index in [0.29, 0.717) is 30.0 Å². The summed E-state index contributed by atoms with van der Waals surface area (Å²) in [5, 5.41) is 3.05. The Morgan fingerprint density at radius 3 is 2.60 bits per heavy atom. The predicted octanol–water partition coefficient (Wildman–Crippen LogP) is 2.63. The van der Waals surface area contributed by atoms with Crippen LogP contribution in [-0.2, 0) is 0 Å². The Balaban J connectivity index is 1.55. The number of hydrogen-bond donors (Lipinski definition) is 1. The van der Waals surface area contributed by atoms with E-state index in [1.807, 2.05) is 13.0 Å². The normalized spacial score (nSPS) is 15.0. The number of carbonyl (C=O) groups excluding carboxylic acids is 2. The lowest BCUT2D eigenvalue weighted by atomic mass is 10.0. The number of piperidine rings is 1. The molecule has 1 fully saturated rings. The van der Waals surface area contributed by atoms with Gasteiger partial charge < -0.3 is 19.4 Å². The van der Waals surface area contributed by atoms with E-state index in [4.69, 9.17) is 9.15 Å². The van der Waals surface area contributed by atoms with Crippen molar-refractivity contribution >= 4 is 11.8 Å². The summed E-state index contributed by atoms with van der Waals surface area (Å²) >= 11 is 0. The molecule has 2 heterocycles. The first kappa shape index (κ1) is 17.1. The highest BCUT2D eigenvalue weighted by Gasteiger charge is 2.25. The molecule has 1 saturated heterocycles. The van der Waals surface area contributed by atoms with Crippen molar-refractivity contribution in [3.8, 4) is 5.75 Å². The first-order chi connectivity index (χ1) is 12.1. The number of methoxy groups -OCH3 is 1. The number of benzene rings is 1. The van der Waals surface area contributed by atoms with Gasteiger partial charge in [-0.15, -0.1) is 0 Å². The minimum absolute atomic E-state index is 0.0261. The fourth-order valence-electron chi connectivity index (χ4n) is 3.03. The molecule has 0 unspecified atom stereocenters. The number of rotatable bonds is 4. The van der Waals surface area contributed by atoms with Gasteiger partial charge in [0, 0.05) is 24.7 Å². The van der Waals surface area contributed by atoms with Crippen LogP contribution in [0.4, 0.5) is 0 Å². The zero-order valence-electron chi connectivity index (χ0n) is 14.5. The molecule has 1 aromatic carbocycles. The second-order valence-corrected chi connectivity index (χ2v) is 6.24. The number of hydrogen-bond acceptors (Lipinski definition) is 4. The van der Waals surface area contributed by atoms with Gasteiger partial charge in [-0.25, -0.2) is 0 Å². The minimum atomic E-state index is -0.113. The number of likely N-dealkylation sites (tertiary alicyclic amines) is 1. The summed E-state index contributed by atoms with van der Waals surface area (Å²) in [6.07, 6.45) is 4.42. The molecule has 0 spiro atoms. The highest BCUT2D eigenvalue weighted by atomic mass is 16.5. The van der Waals surface area contributed by atoms with Crippen LogP contribution in [0.25, 0.3) is 0 Å². The van der Waals surface area contributed by atoms with E-state index in [2.05, 4.69) is 5.32 Å². The van der Waals surface area contributed by atoms with E-state index in [-0.39, 0.29) is 17.9 Å². The molecule has 1 N–H and O–H groups in total. The molecule has 0 bridgehead atoms. The molecule has 132 valence electrons. The predicted molar refractivity (Wildman–Crippen MR) is 92.8 cm³/mol. The van der Waals surface area contributed by atoms with Crippen molar-refractivity contribution in [3.63, 3.8) is 0 Å². The van der Waals surface area contributed by atoms with Gasteiger partial charge >= 0.3 is 0 Å². The van der Waals surface area contributed by atoms with Gasteiger partial charge in [-0.3, -0.25) is 9.59 Å². The van der Waals surface area contributed by atoms with Gasteiger partial charge in [0.05, 0.1) is 18.9 Å². The maximum absolute atomic E-state index is 12.4. The first-order valence-corrected chi connectivity index (χ1v) is 8.35. The maximum Gasteiger partial charge on any atom is 0.257 e. The second-order valence-electron chi connectivity index (χ2n) is 6.24. The van der Waals surface area contributed by atoms with E-state index in [9.17, 15) is 9.59 Å². The van der Waals surface area contributed by atoms with Crippen molar-refractivity contribution in [2.75, 3.05) is 20.2 Å². The van der Waals surface area contributed by atoms with Gasteiger partial charge in [0.25, 0.3) is 11.8 Å². The van der Waals surface area contributed by atoms with Crippen LogP contribution >= 0.6 is 0 Å². The first-order valence-electron chi connectivity index (χ1n) is 8.35. The molecule has 6 nitrogen and oxygen atoms in total. The molecule has 2 amide bonds. The molecule has 6 heteroatoms. The molecule has 2 aromatic rings. The Bertz CT molecular complexity index is 747. The summed E-state index contributed by atoms with van der Waals surface area (Å²) < 4.78 is 10.2. The standard InChI is InChI=1S/C19H22N2O4/c1-13-3-4-14(11-17(13)24-2)18(22)20-16-5-8-21(9-6-16)19(23)15-7-10-25-12-15/h3-4,7,10-12,16H,5-6,8-9H2,1-2H3,(H,20,22). The van der Waals surface area contributed by atoms with Gasteiger partial charge in [-0.1, -0.05) is 6.07 Å². The molecular formula is C19H22N2O4. The number of amides is 2. The van der Waals surface area contributed by atoms with Crippen molar-refractivity contribution in [1.82, 2.24) is 10.2 Å². The Labute approximate surface area is 146 Å². The average Bonchev–Trinajstić information content (AvgIpc) is 3.16. The van der Waals surface area contributed by atoms with Gasteiger partial charge in [0.15, 0.2) is 0 Å². The second kappa shape index (κ2) is 7.42. The zero-order chi connectivity index (χ0) is 17.8. The van der Waals surface area contributed by atoms with Crippen molar-refractivity contribution in [2.45, 2.75) is 25.8 Å². The minimum Gasteiger partial charge on any atom is -0.496 e. The van der Waals surface area contributed by atoms with Gasteiger partial charge in [0.2, 0.25) is 0 Å². The molecule has 0 atom stereocenters. The number of nitrogens with one attached hydrogen (secondary N) is 1. The highest BCUT2D eigenvalue weighted by Crippen LogP contribution is 2.20. The summed E-state index contributed by atoms with van der Waals surface area (Å²) in [5.74, 6) is 0.563. The summed E-state index contributed by atoms with van der Waals surface area (Å²) in [6.45, 7) is 3.17. The van der Waals surface area contributed by atoms with Crippen LogP contribution in [-0.4, -0.2) is 43.0 Å². The average molecular weight is 342 g/mol. The molecule has 1 aliphatic rings. The van der Waals surface area contributed by atoms with E-state index < -0.39 is 0 Å². The molecule has 1 aliphatic heterocycles. The van der Waals surface area contributed by atoms with E-state index in [1.54, 1.807) is 30.2 Å². The smallest absolute Gasteiger partial charge is 0.257 e. The molecular weight excluding hydrogens is 320 g/mol. The molecule has 0 aliphatic carbocycles. The summed E-state index contributed by atoms with van der Waals surface area (Å²) in [7, 11) is 1.59. The third kappa shape index (κ3) is 3.84. The highest BCUT2D eigenvalue weighted by molar-refractivity contribution is 5.95. The van der Waals surface area contributed by atoms with Crippen molar-refractivity contribution < 1.29 is 18.7 Å². The van der Waals surface area contributed by atoms with E-state index in [1.165, 1.54) is 12.5 Å². The number of nitrogens with zero attached hydrogens (tertiary/aromatic N) is 1. The molecule has 0 saturated carbocycles. The molecule has 3 rings (SSSR count). The monoisotopic (exact) mass is 342 g/mol. The van der Waals surface area contributed by atoms with Crippen LogP contribution in [0.15, 0.2) is 41.2 Å². The fraction of sp³-hybridized carbons (Fsp3) is 0.368. The van der Waals surface area contributed by atoms with Crippen molar-refractivity contribution in [2.24, 2.45) is 0 Å². The summed E-state index contributed by atoms with van der Waals surface area (Å²) in [4.78, 5) is 26.5. The molecule has 0 radical (unpaired) electrons. The quantitative estimate of drug-likeness (QED) is 0.927. The number of carbonyl (C=O) groups is 2. The molecule has 1 aromatic heterocycles. The number of furan rings is 1. The Kier molecular flexibility index (Phi) is 5.07. The SMILES string of the molecule is COc1cc(C(=O)NC2CCN(C(=O)c3ccoc3)CC2)ccc1C. The van der Waals surface area contributed by atoms with Gasteiger partial charge in [-0.05, 0) is 43.5 Å². The van der Waals surface area contributed by atoms with Crippen LogP contribution in [0.2, 0.25) is 0 Å². The Morgan fingerprint density at radius 1 is 1.20 bits per heavy atom. The lowest BCUT2D eigenvalue weighted by molar-refractivity contribution is 0.0697. The summed E-state index contributed by atoms with van der Waals surface area (Å²) in [5.41, 5.74) is 2.14. The number of ether oxygens (including phenoxy) is 1.